The third-order valence-corrected chi connectivity index (χ3v) is 2.31. The fourth-order valence-corrected chi connectivity index (χ4v) is 1.70. The minimum absolute atomic E-state index is 0.0960. The minimum Gasteiger partial charge on any atom is -0.491 e. The molecular weight excluding hydrogens is 154 g/mol. The summed E-state index contributed by atoms with van der Waals surface area (Å²) in [5, 5.41) is 7.77. The van der Waals surface area contributed by atoms with E-state index >= 15 is 0 Å². The quantitative estimate of drug-likeness (QED) is 0.571. The highest BCUT2D eigenvalue weighted by Crippen LogP contribution is 2.40. The predicted molar refractivity (Wildman–Crippen MR) is 40.9 cm³/mol. The van der Waals surface area contributed by atoms with E-state index in [2.05, 4.69) is 15.2 Å². The zero-order valence-electron chi connectivity index (χ0n) is 6.40. The second-order valence-electron chi connectivity index (χ2n) is 3.00. The number of rotatable bonds is 0. The molecule has 2 aliphatic heterocycles. The van der Waals surface area contributed by atoms with Crippen LogP contribution in [0.1, 0.15) is 30.3 Å². The van der Waals surface area contributed by atoms with Crippen molar-refractivity contribution in [2.75, 3.05) is 0 Å². The number of ether oxygens (including phenoxy) is 1. The lowest BCUT2D eigenvalue weighted by atomic mass is 9.91. The van der Waals surface area contributed by atoms with Crippen molar-refractivity contribution in [3.63, 3.8) is 0 Å². The SMILES string of the molecule is C1=C2CCC(O1)c1nncnc12. The number of nitrogens with zero attached hydrogens (tertiary/aromatic N) is 3. The molecule has 1 aliphatic carbocycles. The van der Waals surface area contributed by atoms with Crippen LogP contribution < -0.4 is 0 Å². The molecule has 12 heavy (non-hydrogen) atoms. The number of fused-ring (bicyclic) bond motifs is 2. The molecule has 4 rings (SSSR count). The van der Waals surface area contributed by atoms with E-state index in [0.717, 1.165) is 29.8 Å². The first-order valence-corrected chi connectivity index (χ1v) is 3.97. The summed E-state index contributed by atoms with van der Waals surface area (Å²) in [6, 6.07) is 0. The van der Waals surface area contributed by atoms with Crippen molar-refractivity contribution in [2.45, 2.75) is 18.9 Å². The summed E-state index contributed by atoms with van der Waals surface area (Å²) in [4.78, 5) is 4.18. The smallest absolute Gasteiger partial charge is 0.144 e. The molecule has 1 unspecified atom stereocenters. The van der Waals surface area contributed by atoms with Gasteiger partial charge in [0.2, 0.25) is 0 Å². The molecule has 0 saturated carbocycles. The van der Waals surface area contributed by atoms with Crippen LogP contribution in [0.2, 0.25) is 0 Å². The van der Waals surface area contributed by atoms with Crippen LogP contribution in [0, 0.1) is 0 Å². The molecule has 4 heteroatoms. The van der Waals surface area contributed by atoms with Gasteiger partial charge in [0.05, 0.1) is 12.0 Å². The van der Waals surface area contributed by atoms with Crippen molar-refractivity contribution in [3.8, 4) is 0 Å². The van der Waals surface area contributed by atoms with Crippen LogP contribution in [0.5, 0.6) is 0 Å². The van der Waals surface area contributed by atoms with Gasteiger partial charge in [-0.3, -0.25) is 0 Å². The molecule has 0 saturated heterocycles. The lowest BCUT2D eigenvalue weighted by Crippen LogP contribution is -2.19. The molecule has 0 spiro atoms. The summed E-state index contributed by atoms with van der Waals surface area (Å²) in [7, 11) is 0. The summed E-state index contributed by atoms with van der Waals surface area (Å²) >= 11 is 0. The van der Waals surface area contributed by atoms with Gasteiger partial charge in [-0.2, -0.15) is 0 Å². The highest BCUT2D eigenvalue weighted by Gasteiger charge is 2.31. The lowest BCUT2D eigenvalue weighted by molar-refractivity contribution is 0.115. The Labute approximate surface area is 69.3 Å². The Morgan fingerprint density at radius 3 is 3.25 bits per heavy atom. The van der Waals surface area contributed by atoms with Crippen LogP contribution in [-0.4, -0.2) is 15.2 Å². The first-order valence-electron chi connectivity index (χ1n) is 3.97. The van der Waals surface area contributed by atoms with E-state index in [0.29, 0.717) is 0 Å². The largest absolute Gasteiger partial charge is 0.491 e. The van der Waals surface area contributed by atoms with Gasteiger partial charge in [-0.25, -0.2) is 4.98 Å². The Balaban J connectivity index is 2.28. The van der Waals surface area contributed by atoms with Crippen molar-refractivity contribution in [1.82, 2.24) is 15.2 Å². The summed E-state index contributed by atoms with van der Waals surface area (Å²) in [5.74, 6) is 0. The normalized spacial score (nSPS) is 24.3. The van der Waals surface area contributed by atoms with Gasteiger partial charge in [0, 0.05) is 5.57 Å². The molecule has 1 aromatic heterocycles. The van der Waals surface area contributed by atoms with Gasteiger partial charge in [0.1, 0.15) is 18.1 Å². The fourth-order valence-electron chi connectivity index (χ4n) is 1.70. The molecule has 3 heterocycles. The Hall–Kier alpha value is -1.45. The molecule has 3 aliphatic rings. The van der Waals surface area contributed by atoms with Gasteiger partial charge in [-0.1, -0.05) is 0 Å². The molecular formula is C8H7N3O. The molecule has 60 valence electrons. The third-order valence-electron chi connectivity index (χ3n) is 2.31. The maximum absolute atomic E-state index is 5.40. The molecule has 2 bridgehead atoms. The average molecular weight is 161 g/mol. The number of aromatic nitrogens is 3. The number of hydrogen-bond acceptors (Lipinski definition) is 4. The van der Waals surface area contributed by atoms with Crippen molar-refractivity contribution < 1.29 is 4.74 Å². The van der Waals surface area contributed by atoms with Gasteiger partial charge < -0.3 is 4.74 Å². The molecule has 1 atom stereocenters. The Morgan fingerprint density at radius 1 is 1.50 bits per heavy atom. The van der Waals surface area contributed by atoms with E-state index < -0.39 is 0 Å². The summed E-state index contributed by atoms with van der Waals surface area (Å²) in [6.45, 7) is 0. The van der Waals surface area contributed by atoms with Crippen LogP contribution in [-0.2, 0) is 4.74 Å². The van der Waals surface area contributed by atoms with E-state index in [1.807, 2.05) is 0 Å². The van der Waals surface area contributed by atoms with Crippen LogP contribution in [0.15, 0.2) is 12.6 Å². The third kappa shape index (κ3) is 0.642. The minimum atomic E-state index is 0.0960. The van der Waals surface area contributed by atoms with Gasteiger partial charge >= 0.3 is 0 Å². The molecule has 0 fully saturated rings. The molecule has 1 aromatic rings. The maximum atomic E-state index is 5.40. The Morgan fingerprint density at radius 2 is 2.50 bits per heavy atom. The van der Waals surface area contributed by atoms with Crippen molar-refractivity contribution in [2.24, 2.45) is 0 Å². The van der Waals surface area contributed by atoms with E-state index in [-0.39, 0.29) is 6.10 Å². The van der Waals surface area contributed by atoms with Gasteiger partial charge in [0.25, 0.3) is 0 Å². The zero-order chi connectivity index (χ0) is 7.97. The van der Waals surface area contributed by atoms with Crippen molar-refractivity contribution in [1.29, 1.82) is 0 Å². The highest BCUT2D eigenvalue weighted by atomic mass is 16.5. The summed E-state index contributed by atoms with van der Waals surface area (Å²) in [6.07, 6.45) is 5.44. The van der Waals surface area contributed by atoms with Crippen LogP contribution in [0.4, 0.5) is 0 Å². The molecule has 0 N–H and O–H groups in total. The first-order chi connectivity index (χ1) is 5.95. The molecule has 0 amide bonds. The Kier molecular flexibility index (Phi) is 1.03. The first kappa shape index (κ1) is 6.11. The summed E-state index contributed by atoms with van der Waals surface area (Å²) in [5.41, 5.74) is 3.04. The highest BCUT2D eigenvalue weighted by molar-refractivity contribution is 5.66. The predicted octanol–water partition coefficient (Wildman–Crippen LogP) is 1.08. The Bertz CT molecular complexity index is 361. The average Bonchev–Trinajstić information content (AvgIpc) is 2.20. The second-order valence-corrected chi connectivity index (χ2v) is 3.00. The molecule has 4 nitrogen and oxygen atoms in total. The second kappa shape index (κ2) is 2.03. The van der Waals surface area contributed by atoms with Crippen LogP contribution >= 0.6 is 0 Å². The number of allylic oxidation sites excluding steroid dienone is 1. The van der Waals surface area contributed by atoms with E-state index in [1.165, 1.54) is 6.33 Å². The van der Waals surface area contributed by atoms with E-state index in [4.69, 9.17) is 4.74 Å². The fraction of sp³-hybridized carbons (Fsp3) is 0.375. The lowest BCUT2D eigenvalue weighted by Gasteiger charge is -2.29. The van der Waals surface area contributed by atoms with Gasteiger partial charge in [-0.15, -0.1) is 10.2 Å². The maximum Gasteiger partial charge on any atom is 0.144 e. The van der Waals surface area contributed by atoms with Crippen molar-refractivity contribution in [3.05, 3.63) is 24.0 Å². The molecule has 0 radical (unpaired) electrons. The topological polar surface area (TPSA) is 47.9 Å². The number of hydrogen-bond donors (Lipinski definition) is 0. The van der Waals surface area contributed by atoms with E-state index in [9.17, 15) is 0 Å². The summed E-state index contributed by atoms with van der Waals surface area (Å²) < 4.78 is 5.40. The zero-order valence-corrected chi connectivity index (χ0v) is 6.40. The van der Waals surface area contributed by atoms with Crippen LogP contribution in [0.25, 0.3) is 5.57 Å². The van der Waals surface area contributed by atoms with Gasteiger partial charge in [-0.05, 0) is 12.8 Å². The standard InChI is InChI=1S/C8H7N3O/c1-2-6-8-7(5(1)3-12-6)9-4-10-11-8/h3-4,6H,1-2H2. The van der Waals surface area contributed by atoms with E-state index in [1.54, 1.807) is 6.26 Å². The van der Waals surface area contributed by atoms with Crippen LogP contribution in [0.3, 0.4) is 0 Å². The monoisotopic (exact) mass is 161 g/mol. The van der Waals surface area contributed by atoms with Gasteiger partial charge in [0.15, 0.2) is 0 Å². The van der Waals surface area contributed by atoms with Crippen molar-refractivity contribution >= 4 is 5.57 Å². The molecule has 0 aromatic carbocycles.